The van der Waals surface area contributed by atoms with E-state index >= 15 is 0 Å². The van der Waals surface area contributed by atoms with Gasteiger partial charge in [-0.3, -0.25) is 14.5 Å². The predicted octanol–water partition coefficient (Wildman–Crippen LogP) is 5.19. The van der Waals surface area contributed by atoms with Crippen molar-refractivity contribution in [3.05, 3.63) is 64.3 Å². The summed E-state index contributed by atoms with van der Waals surface area (Å²) < 4.78 is 53.3. The summed E-state index contributed by atoms with van der Waals surface area (Å²) in [6, 6.07) is 8.24. The van der Waals surface area contributed by atoms with Gasteiger partial charge in [-0.05, 0) is 41.5 Å². The molecule has 0 atom stereocenters. The fraction of sp³-hybridized carbons (Fsp3) is 0.150. The lowest BCUT2D eigenvalue weighted by atomic mass is 10.00. The molecule has 0 radical (unpaired) electrons. The summed E-state index contributed by atoms with van der Waals surface area (Å²) in [4.78, 5) is 24.6. The Hall–Kier alpha value is -2.72. The molecule has 4 nitrogen and oxygen atoms in total. The maximum atomic E-state index is 14.2. The lowest BCUT2D eigenvalue weighted by Gasteiger charge is -2.12. The Bertz CT molecular complexity index is 1070. The molecule has 2 aromatic carbocycles. The van der Waals surface area contributed by atoms with Crippen molar-refractivity contribution in [2.45, 2.75) is 12.6 Å². The Balaban J connectivity index is 1.91. The molecule has 10 heteroatoms. The third-order valence-corrected chi connectivity index (χ3v) is 5.59. The van der Waals surface area contributed by atoms with E-state index in [0.717, 1.165) is 23.9 Å². The number of thiocarbonyl (C=S) groups is 1. The smallest absolute Gasteiger partial charge is 0.416 e. The highest BCUT2D eigenvalue weighted by atomic mass is 32.2. The Morgan fingerprint density at radius 2 is 1.93 bits per heavy atom. The van der Waals surface area contributed by atoms with Crippen molar-refractivity contribution < 1.29 is 32.3 Å². The molecule has 1 fully saturated rings. The van der Waals surface area contributed by atoms with Crippen LogP contribution in [-0.2, 0) is 15.8 Å². The van der Waals surface area contributed by atoms with Crippen molar-refractivity contribution in [1.82, 2.24) is 4.90 Å². The molecule has 156 valence electrons. The van der Waals surface area contributed by atoms with Crippen LogP contribution in [0.15, 0.2) is 47.4 Å². The van der Waals surface area contributed by atoms with Crippen LogP contribution in [0.4, 0.5) is 17.6 Å². The summed E-state index contributed by atoms with van der Waals surface area (Å²) >= 11 is 6.10. The van der Waals surface area contributed by atoms with E-state index in [4.69, 9.17) is 17.3 Å². The van der Waals surface area contributed by atoms with Gasteiger partial charge < -0.3 is 5.11 Å². The van der Waals surface area contributed by atoms with Crippen molar-refractivity contribution in [2.24, 2.45) is 0 Å². The molecule has 1 heterocycles. The summed E-state index contributed by atoms with van der Waals surface area (Å²) in [6.07, 6.45) is -3.39. The highest BCUT2D eigenvalue weighted by molar-refractivity contribution is 8.26. The minimum atomic E-state index is -4.61. The summed E-state index contributed by atoms with van der Waals surface area (Å²) in [6.45, 7) is -0.0627. The minimum Gasteiger partial charge on any atom is -0.481 e. The van der Waals surface area contributed by atoms with Crippen LogP contribution in [0.2, 0.25) is 0 Å². The lowest BCUT2D eigenvalue weighted by Crippen LogP contribution is -2.30. The van der Waals surface area contributed by atoms with Crippen molar-refractivity contribution >= 4 is 46.3 Å². The monoisotopic (exact) mass is 455 g/mol. The number of amides is 1. The molecule has 0 saturated carbocycles. The summed E-state index contributed by atoms with van der Waals surface area (Å²) in [7, 11) is 0. The molecule has 1 N–H and O–H groups in total. The first kappa shape index (κ1) is 22.0. The molecule has 0 bridgehead atoms. The number of alkyl halides is 3. The predicted molar refractivity (Wildman–Crippen MR) is 109 cm³/mol. The Kier molecular flexibility index (Phi) is 6.27. The van der Waals surface area contributed by atoms with Gasteiger partial charge in [0.25, 0.3) is 5.91 Å². The second-order valence-corrected chi connectivity index (χ2v) is 7.97. The molecular weight excluding hydrogens is 442 g/mol. The fourth-order valence-electron chi connectivity index (χ4n) is 2.77. The number of thioether (sulfide) groups is 1. The number of halogens is 4. The first-order chi connectivity index (χ1) is 14.1. The van der Waals surface area contributed by atoms with Gasteiger partial charge in [0.1, 0.15) is 10.1 Å². The van der Waals surface area contributed by atoms with Gasteiger partial charge in [-0.15, -0.1) is 0 Å². The topological polar surface area (TPSA) is 57.6 Å². The van der Waals surface area contributed by atoms with Gasteiger partial charge in [-0.1, -0.05) is 42.2 Å². The largest absolute Gasteiger partial charge is 0.481 e. The van der Waals surface area contributed by atoms with Gasteiger partial charge in [0.15, 0.2) is 0 Å². The van der Waals surface area contributed by atoms with Gasteiger partial charge in [0, 0.05) is 12.1 Å². The number of hydrogen-bond donors (Lipinski definition) is 1. The van der Waals surface area contributed by atoms with E-state index in [0.29, 0.717) is 11.6 Å². The van der Waals surface area contributed by atoms with Gasteiger partial charge in [0.2, 0.25) is 0 Å². The van der Waals surface area contributed by atoms with Gasteiger partial charge >= 0.3 is 12.1 Å². The molecule has 1 amide bonds. The molecule has 1 aliphatic rings. The van der Waals surface area contributed by atoms with E-state index in [1.807, 2.05) is 0 Å². The molecule has 3 rings (SSSR count). The zero-order valence-corrected chi connectivity index (χ0v) is 16.7. The highest BCUT2D eigenvalue weighted by Crippen LogP contribution is 2.35. The van der Waals surface area contributed by atoms with Crippen LogP contribution in [0, 0.1) is 5.82 Å². The maximum Gasteiger partial charge on any atom is 0.416 e. The average molecular weight is 455 g/mol. The normalized spacial score (nSPS) is 15.9. The molecule has 2 aromatic rings. The summed E-state index contributed by atoms with van der Waals surface area (Å²) in [5, 5.41) is 8.77. The Morgan fingerprint density at radius 1 is 1.20 bits per heavy atom. The van der Waals surface area contributed by atoms with E-state index in [-0.39, 0.29) is 33.3 Å². The van der Waals surface area contributed by atoms with Crippen LogP contribution in [0.5, 0.6) is 0 Å². The third-order valence-electron chi connectivity index (χ3n) is 4.21. The molecule has 0 aromatic heterocycles. The van der Waals surface area contributed by atoms with Gasteiger partial charge in [-0.25, -0.2) is 4.39 Å². The van der Waals surface area contributed by atoms with Gasteiger partial charge in [0.05, 0.1) is 16.9 Å². The number of nitrogens with zero attached hydrogens (tertiary/aromatic N) is 1. The number of benzene rings is 2. The van der Waals surface area contributed by atoms with Crippen LogP contribution < -0.4 is 0 Å². The number of carbonyl (C=O) groups excluding carboxylic acids is 1. The second-order valence-electron chi connectivity index (χ2n) is 6.29. The minimum absolute atomic E-state index is 0.0627. The first-order valence-electron chi connectivity index (χ1n) is 8.50. The standard InChI is InChI=1S/C20H13F4NO3S2/c21-15-5-4-13(20(22,23)24)10-14(15)12-3-1-2-11(8-12)9-16-18(28)25(19(29)30-16)7-6-17(26)27/h1-5,8-10H,6-7H2,(H,26,27). The van der Waals surface area contributed by atoms with E-state index in [2.05, 4.69) is 0 Å². The number of carboxylic acid groups (broad SMARTS) is 1. The molecule has 0 spiro atoms. The second kappa shape index (κ2) is 8.57. The molecule has 0 unspecified atom stereocenters. The number of aliphatic carboxylic acids is 1. The molecule has 30 heavy (non-hydrogen) atoms. The molecule has 1 saturated heterocycles. The average Bonchev–Trinajstić information content (AvgIpc) is 2.92. The third kappa shape index (κ3) is 4.88. The Labute approximate surface area is 178 Å². The SMILES string of the molecule is O=C(O)CCN1C(=O)C(=Cc2cccc(-c3cc(C(F)(F)F)ccc3F)c2)SC1=S. The van der Waals surface area contributed by atoms with E-state index in [9.17, 15) is 27.2 Å². The number of hydrogen-bond acceptors (Lipinski definition) is 4. The highest BCUT2D eigenvalue weighted by Gasteiger charge is 2.32. The van der Waals surface area contributed by atoms with E-state index in [1.165, 1.54) is 29.2 Å². The number of carboxylic acids is 1. The van der Waals surface area contributed by atoms with Crippen molar-refractivity contribution in [1.29, 1.82) is 0 Å². The van der Waals surface area contributed by atoms with Crippen LogP contribution in [0.1, 0.15) is 17.5 Å². The molecular formula is C20H13F4NO3S2. The van der Waals surface area contributed by atoms with Crippen molar-refractivity contribution in [3.63, 3.8) is 0 Å². The zero-order valence-electron chi connectivity index (χ0n) is 15.1. The first-order valence-corrected chi connectivity index (χ1v) is 9.73. The van der Waals surface area contributed by atoms with Crippen LogP contribution >= 0.6 is 24.0 Å². The van der Waals surface area contributed by atoms with Crippen LogP contribution in [-0.4, -0.2) is 32.7 Å². The van der Waals surface area contributed by atoms with E-state index in [1.54, 1.807) is 6.07 Å². The Morgan fingerprint density at radius 3 is 2.60 bits per heavy atom. The maximum absolute atomic E-state index is 14.2. The van der Waals surface area contributed by atoms with Crippen molar-refractivity contribution in [3.8, 4) is 11.1 Å². The van der Waals surface area contributed by atoms with E-state index < -0.39 is 29.4 Å². The number of carbonyl (C=O) groups is 2. The van der Waals surface area contributed by atoms with Crippen LogP contribution in [0.3, 0.4) is 0 Å². The van der Waals surface area contributed by atoms with Gasteiger partial charge in [-0.2, -0.15) is 13.2 Å². The molecule has 1 aliphatic heterocycles. The van der Waals surface area contributed by atoms with Crippen molar-refractivity contribution in [2.75, 3.05) is 6.54 Å². The lowest BCUT2D eigenvalue weighted by molar-refractivity contribution is -0.138. The van der Waals surface area contributed by atoms with Crippen LogP contribution in [0.25, 0.3) is 17.2 Å². The summed E-state index contributed by atoms with van der Waals surface area (Å²) in [5.74, 6) is -2.33. The quantitative estimate of drug-likeness (QED) is 0.382. The zero-order chi connectivity index (χ0) is 22.1. The summed E-state index contributed by atoms with van der Waals surface area (Å²) in [5.41, 5.74) is -0.505. The number of rotatable bonds is 5. The fourth-order valence-corrected chi connectivity index (χ4v) is 4.08. The molecule has 0 aliphatic carbocycles.